The number of Topliss-reactive ketones (excluding diaryl/α,β-unsaturated/α-hetero) is 1. The zero-order chi connectivity index (χ0) is 16.4. The summed E-state index contributed by atoms with van der Waals surface area (Å²) < 4.78 is 0. The van der Waals surface area contributed by atoms with E-state index in [4.69, 9.17) is 5.73 Å². The van der Waals surface area contributed by atoms with Gasteiger partial charge < -0.3 is 15.7 Å². The standard InChI is InChI=1S/C17H22N2O3/c1-9-7-11-13(12(9)8-19(4)15(18)21)10(2)17(5-6-17)16(3,22)14(11)20/h7,22H,5-6,8H2,1-4H3,(H2,18,21)/t16-/m0/s1. The van der Waals surface area contributed by atoms with Gasteiger partial charge in [0.15, 0.2) is 5.78 Å². The Hall–Kier alpha value is -1.88. The fourth-order valence-corrected chi connectivity index (χ4v) is 3.93. The largest absolute Gasteiger partial charge is 0.381 e. The maximum atomic E-state index is 12.8. The number of carbonyl (C=O) groups is 2. The first kappa shape index (κ1) is 15.0. The van der Waals surface area contributed by atoms with Crippen molar-refractivity contribution in [2.45, 2.75) is 39.2 Å². The Balaban J connectivity index is 2.10. The summed E-state index contributed by atoms with van der Waals surface area (Å²) in [6.07, 6.45) is 3.48. The summed E-state index contributed by atoms with van der Waals surface area (Å²) in [6.45, 7) is 5.93. The van der Waals surface area contributed by atoms with Gasteiger partial charge in [-0.3, -0.25) is 4.79 Å². The second-order valence-corrected chi connectivity index (χ2v) is 6.90. The van der Waals surface area contributed by atoms with Gasteiger partial charge in [-0.15, -0.1) is 0 Å². The fourth-order valence-electron chi connectivity index (χ4n) is 3.93. The van der Waals surface area contributed by atoms with Crippen molar-refractivity contribution in [3.63, 3.8) is 0 Å². The van der Waals surface area contributed by atoms with Crippen LogP contribution in [0.15, 0.2) is 33.9 Å². The number of amides is 2. The second-order valence-electron chi connectivity index (χ2n) is 6.90. The molecule has 0 aromatic carbocycles. The lowest BCUT2D eigenvalue weighted by atomic mass is 9.67. The van der Waals surface area contributed by atoms with E-state index in [9.17, 15) is 14.7 Å². The number of urea groups is 1. The molecule has 1 spiro atoms. The molecule has 22 heavy (non-hydrogen) atoms. The number of allylic oxidation sites excluding steroid dienone is 2. The molecule has 3 N–H and O–H groups in total. The van der Waals surface area contributed by atoms with Crippen LogP contribution in [-0.4, -0.2) is 41.0 Å². The number of primary amides is 1. The first-order chi connectivity index (χ1) is 10.1. The van der Waals surface area contributed by atoms with E-state index < -0.39 is 17.0 Å². The van der Waals surface area contributed by atoms with Crippen LogP contribution in [0.4, 0.5) is 4.79 Å². The van der Waals surface area contributed by atoms with Gasteiger partial charge in [-0.25, -0.2) is 4.79 Å². The van der Waals surface area contributed by atoms with Crippen LogP contribution in [0, 0.1) is 5.41 Å². The highest BCUT2D eigenvalue weighted by Gasteiger charge is 2.65. The van der Waals surface area contributed by atoms with Crippen molar-refractivity contribution in [2.24, 2.45) is 11.1 Å². The predicted octanol–water partition coefficient (Wildman–Crippen LogP) is 1.68. The van der Waals surface area contributed by atoms with E-state index in [1.807, 2.05) is 19.9 Å². The molecule has 3 rings (SSSR count). The van der Waals surface area contributed by atoms with E-state index in [-0.39, 0.29) is 5.78 Å². The van der Waals surface area contributed by atoms with E-state index in [0.717, 1.165) is 35.1 Å². The minimum absolute atomic E-state index is 0.207. The molecule has 0 aliphatic heterocycles. The lowest BCUT2D eigenvalue weighted by Crippen LogP contribution is -2.49. The van der Waals surface area contributed by atoms with Gasteiger partial charge >= 0.3 is 6.03 Å². The maximum absolute atomic E-state index is 12.8. The monoisotopic (exact) mass is 302 g/mol. The molecule has 5 heteroatoms. The van der Waals surface area contributed by atoms with Crippen molar-refractivity contribution >= 4 is 11.8 Å². The number of aliphatic hydroxyl groups is 1. The number of hydrogen-bond acceptors (Lipinski definition) is 3. The normalized spacial score (nSPS) is 29.0. The van der Waals surface area contributed by atoms with Crippen molar-refractivity contribution in [3.8, 4) is 0 Å². The van der Waals surface area contributed by atoms with Crippen molar-refractivity contribution in [1.29, 1.82) is 0 Å². The number of nitrogens with zero attached hydrogens (tertiary/aromatic N) is 1. The number of nitrogens with two attached hydrogens (primary N) is 1. The number of rotatable bonds is 2. The van der Waals surface area contributed by atoms with Gasteiger partial charge in [-0.1, -0.05) is 5.57 Å². The third kappa shape index (κ3) is 1.69. The first-order valence-electron chi connectivity index (χ1n) is 7.55. The maximum Gasteiger partial charge on any atom is 0.314 e. The Labute approximate surface area is 130 Å². The number of ketones is 1. The number of carbonyl (C=O) groups excluding carboxylic acids is 2. The summed E-state index contributed by atoms with van der Waals surface area (Å²) >= 11 is 0. The van der Waals surface area contributed by atoms with Crippen molar-refractivity contribution in [3.05, 3.63) is 33.9 Å². The molecule has 1 saturated carbocycles. The molecule has 2 amide bonds. The van der Waals surface area contributed by atoms with E-state index in [1.165, 1.54) is 4.90 Å². The third-order valence-corrected chi connectivity index (χ3v) is 5.64. The second kappa shape index (κ2) is 4.32. The first-order valence-corrected chi connectivity index (χ1v) is 7.55. The highest BCUT2D eigenvalue weighted by Crippen LogP contribution is 2.64. The molecule has 0 unspecified atom stereocenters. The molecular weight excluding hydrogens is 280 g/mol. The van der Waals surface area contributed by atoms with Crippen LogP contribution < -0.4 is 5.73 Å². The Morgan fingerprint density at radius 3 is 2.50 bits per heavy atom. The molecule has 0 saturated heterocycles. The lowest BCUT2D eigenvalue weighted by Gasteiger charge is -2.39. The van der Waals surface area contributed by atoms with E-state index in [2.05, 4.69) is 0 Å². The number of fused-ring (bicyclic) bond motifs is 1. The van der Waals surface area contributed by atoms with Crippen molar-refractivity contribution < 1.29 is 14.7 Å². The van der Waals surface area contributed by atoms with Gasteiger partial charge in [0.2, 0.25) is 0 Å². The molecule has 0 aromatic rings. The molecule has 0 radical (unpaired) electrons. The molecular formula is C17H22N2O3. The van der Waals surface area contributed by atoms with Crippen molar-refractivity contribution in [2.75, 3.05) is 13.6 Å². The van der Waals surface area contributed by atoms with E-state index >= 15 is 0 Å². The number of likely N-dealkylation sites (N-methyl/N-ethyl adjacent to an activating group) is 1. The van der Waals surface area contributed by atoms with Gasteiger partial charge in [-0.05, 0) is 56.4 Å². The van der Waals surface area contributed by atoms with Crippen LogP contribution in [0.25, 0.3) is 0 Å². The van der Waals surface area contributed by atoms with Crippen molar-refractivity contribution in [1.82, 2.24) is 4.90 Å². The van der Waals surface area contributed by atoms with Gasteiger partial charge in [0.05, 0.1) is 0 Å². The highest BCUT2D eigenvalue weighted by molar-refractivity contribution is 6.10. The average Bonchev–Trinajstić information content (AvgIpc) is 3.18. The van der Waals surface area contributed by atoms with Crippen LogP contribution >= 0.6 is 0 Å². The molecule has 3 aliphatic carbocycles. The average molecular weight is 302 g/mol. The summed E-state index contributed by atoms with van der Waals surface area (Å²) in [5.41, 5.74) is 8.03. The summed E-state index contributed by atoms with van der Waals surface area (Å²) in [6, 6.07) is -0.498. The Morgan fingerprint density at radius 2 is 2.00 bits per heavy atom. The molecule has 1 atom stereocenters. The van der Waals surface area contributed by atoms with Gasteiger partial charge in [0.25, 0.3) is 0 Å². The van der Waals surface area contributed by atoms with Crippen LogP contribution in [0.3, 0.4) is 0 Å². The Bertz CT molecular complexity index is 691. The topological polar surface area (TPSA) is 83.6 Å². The van der Waals surface area contributed by atoms with E-state index in [1.54, 1.807) is 14.0 Å². The summed E-state index contributed by atoms with van der Waals surface area (Å²) in [5, 5.41) is 10.8. The molecule has 0 bridgehead atoms. The smallest absolute Gasteiger partial charge is 0.314 e. The predicted molar refractivity (Wildman–Crippen MR) is 83.0 cm³/mol. The summed E-state index contributed by atoms with van der Waals surface area (Å²) in [7, 11) is 1.64. The molecule has 0 aromatic heterocycles. The fraction of sp³-hybridized carbons (Fsp3) is 0.529. The van der Waals surface area contributed by atoms with Crippen LogP contribution in [-0.2, 0) is 4.79 Å². The van der Waals surface area contributed by atoms with Gasteiger partial charge in [0, 0.05) is 24.6 Å². The quantitative estimate of drug-likeness (QED) is 0.814. The van der Waals surface area contributed by atoms with Gasteiger partial charge in [0.1, 0.15) is 5.60 Å². The SMILES string of the molecule is CC1=C(CN(C)C(N)=O)C2=C(C)C3(CC3)[C@@](C)(O)C(=O)C2=C1. The van der Waals surface area contributed by atoms with Crippen LogP contribution in [0.5, 0.6) is 0 Å². The highest BCUT2D eigenvalue weighted by atomic mass is 16.3. The van der Waals surface area contributed by atoms with Crippen LogP contribution in [0.1, 0.15) is 33.6 Å². The van der Waals surface area contributed by atoms with Crippen LogP contribution in [0.2, 0.25) is 0 Å². The van der Waals surface area contributed by atoms with E-state index in [0.29, 0.717) is 12.1 Å². The summed E-state index contributed by atoms with van der Waals surface area (Å²) in [5.74, 6) is -0.207. The molecule has 1 fully saturated rings. The molecule has 3 aliphatic rings. The lowest BCUT2D eigenvalue weighted by molar-refractivity contribution is -0.137. The minimum atomic E-state index is -1.34. The summed E-state index contributed by atoms with van der Waals surface area (Å²) in [4.78, 5) is 25.5. The zero-order valence-electron chi connectivity index (χ0n) is 13.5. The minimum Gasteiger partial charge on any atom is -0.381 e. The zero-order valence-corrected chi connectivity index (χ0v) is 13.5. The molecule has 0 heterocycles. The molecule has 5 nitrogen and oxygen atoms in total. The Kier molecular flexibility index (Phi) is 2.95. The molecule has 118 valence electrons. The Morgan fingerprint density at radius 1 is 1.41 bits per heavy atom. The van der Waals surface area contributed by atoms with Gasteiger partial charge in [-0.2, -0.15) is 0 Å². The third-order valence-electron chi connectivity index (χ3n) is 5.64. The number of hydrogen-bond donors (Lipinski definition) is 2.